The summed E-state index contributed by atoms with van der Waals surface area (Å²) < 4.78 is 1.52. The molecule has 0 saturated carbocycles. The number of carbonyl (C=O) groups is 1. The third-order valence-electron chi connectivity index (χ3n) is 2.44. The smallest absolute Gasteiger partial charge is 0.249 e. The molecule has 0 radical (unpaired) electrons. The SMILES string of the molecule is N=Nc1nccn1CC(=O)NCc1ccccc1. The van der Waals surface area contributed by atoms with Crippen LogP contribution in [0.2, 0.25) is 0 Å². The molecular weight excluding hydrogens is 230 g/mol. The molecule has 0 aliphatic heterocycles. The molecule has 0 saturated heterocycles. The second-order valence-electron chi connectivity index (χ2n) is 3.73. The van der Waals surface area contributed by atoms with E-state index >= 15 is 0 Å². The van der Waals surface area contributed by atoms with Crippen molar-refractivity contribution in [2.75, 3.05) is 0 Å². The average Bonchev–Trinajstić information content (AvgIpc) is 2.85. The molecule has 2 rings (SSSR count). The molecule has 0 aliphatic carbocycles. The van der Waals surface area contributed by atoms with Crippen LogP contribution in [0, 0.1) is 5.53 Å². The lowest BCUT2D eigenvalue weighted by Gasteiger charge is -2.06. The molecule has 6 heteroatoms. The average molecular weight is 243 g/mol. The van der Waals surface area contributed by atoms with Crippen molar-refractivity contribution in [1.29, 1.82) is 5.53 Å². The van der Waals surface area contributed by atoms with E-state index in [9.17, 15) is 4.79 Å². The molecule has 0 spiro atoms. The van der Waals surface area contributed by atoms with Gasteiger partial charge in [-0.25, -0.2) is 10.5 Å². The van der Waals surface area contributed by atoms with Gasteiger partial charge < -0.3 is 9.88 Å². The van der Waals surface area contributed by atoms with E-state index in [1.807, 2.05) is 30.3 Å². The summed E-state index contributed by atoms with van der Waals surface area (Å²) in [6.45, 7) is 0.603. The Bertz CT molecular complexity index is 534. The van der Waals surface area contributed by atoms with Crippen LogP contribution in [0.1, 0.15) is 5.56 Å². The van der Waals surface area contributed by atoms with Gasteiger partial charge in [0, 0.05) is 18.9 Å². The number of amides is 1. The summed E-state index contributed by atoms with van der Waals surface area (Å²) in [6.07, 6.45) is 3.13. The third kappa shape index (κ3) is 3.00. The molecule has 0 unspecified atom stereocenters. The number of nitrogens with zero attached hydrogens (tertiary/aromatic N) is 3. The van der Waals surface area contributed by atoms with Gasteiger partial charge in [0.25, 0.3) is 0 Å². The van der Waals surface area contributed by atoms with Crippen LogP contribution in [0.25, 0.3) is 0 Å². The van der Waals surface area contributed by atoms with Gasteiger partial charge >= 0.3 is 0 Å². The first-order valence-corrected chi connectivity index (χ1v) is 5.49. The van der Waals surface area contributed by atoms with Gasteiger partial charge in [-0.3, -0.25) is 4.79 Å². The molecule has 0 atom stereocenters. The molecule has 18 heavy (non-hydrogen) atoms. The molecule has 1 aromatic carbocycles. The maximum absolute atomic E-state index is 11.7. The monoisotopic (exact) mass is 243 g/mol. The Balaban J connectivity index is 1.88. The third-order valence-corrected chi connectivity index (χ3v) is 2.44. The molecule has 6 nitrogen and oxygen atoms in total. The number of hydrogen-bond acceptors (Lipinski definition) is 4. The number of benzene rings is 1. The highest BCUT2D eigenvalue weighted by atomic mass is 16.1. The van der Waals surface area contributed by atoms with E-state index in [0.717, 1.165) is 5.56 Å². The zero-order valence-corrected chi connectivity index (χ0v) is 9.71. The maximum atomic E-state index is 11.7. The lowest BCUT2D eigenvalue weighted by Crippen LogP contribution is -2.26. The Morgan fingerprint density at radius 3 is 2.89 bits per heavy atom. The number of hydrogen-bond donors (Lipinski definition) is 2. The first-order chi connectivity index (χ1) is 8.79. The van der Waals surface area contributed by atoms with Crippen LogP contribution in [-0.2, 0) is 17.9 Å². The summed E-state index contributed by atoms with van der Waals surface area (Å²) in [6, 6.07) is 9.67. The van der Waals surface area contributed by atoms with Crippen molar-refractivity contribution in [1.82, 2.24) is 14.9 Å². The summed E-state index contributed by atoms with van der Waals surface area (Å²) in [5.41, 5.74) is 7.94. The van der Waals surface area contributed by atoms with E-state index in [1.165, 1.54) is 10.8 Å². The molecule has 0 bridgehead atoms. The molecule has 2 aromatic rings. The van der Waals surface area contributed by atoms with Gasteiger partial charge in [-0.15, -0.1) is 5.11 Å². The maximum Gasteiger partial charge on any atom is 0.249 e. The molecule has 1 aromatic heterocycles. The predicted molar refractivity (Wildman–Crippen MR) is 65.3 cm³/mol. The largest absolute Gasteiger partial charge is 0.350 e. The van der Waals surface area contributed by atoms with Crippen molar-refractivity contribution in [2.45, 2.75) is 13.1 Å². The summed E-state index contributed by atoms with van der Waals surface area (Å²) in [5.74, 6) is 0.0895. The van der Waals surface area contributed by atoms with Crippen molar-refractivity contribution in [3.63, 3.8) is 0 Å². The number of aromatic nitrogens is 2. The summed E-state index contributed by atoms with van der Waals surface area (Å²) in [5, 5.41) is 6.02. The van der Waals surface area contributed by atoms with Crippen molar-refractivity contribution >= 4 is 11.9 Å². The molecule has 92 valence electrons. The van der Waals surface area contributed by atoms with Crippen LogP contribution in [0.3, 0.4) is 0 Å². The standard InChI is InChI=1S/C12H13N5O/c13-16-12-14-6-7-17(12)9-11(18)15-8-10-4-2-1-3-5-10/h1-7,13H,8-9H2,(H,15,18). The lowest BCUT2D eigenvalue weighted by atomic mass is 10.2. The van der Waals surface area contributed by atoms with Crippen LogP contribution in [0.15, 0.2) is 47.8 Å². The number of imidazole rings is 1. The predicted octanol–water partition coefficient (Wildman–Crippen LogP) is 1.86. The Kier molecular flexibility index (Phi) is 3.80. The Morgan fingerprint density at radius 2 is 2.17 bits per heavy atom. The van der Waals surface area contributed by atoms with Gasteiger partial charge in [-0.2, -0.15) is 0 Å². The van der Waals surface area contributed by atoms with Gasteiger partial charge in [0.15, 0.2) is 0 Å². The van der Waals surface area contributed by atoms with Crippen molar-refractivity contribution in [3.8, 4) is 0 Å². The quantitative estimate of drug-likeness (QED) is 0.785. The topological polar surface area (TPSA) is 83.1 Å². The molecule has 1 heterocycles. The van der Waals surface area contributed by atoms with Gasteiger partial charge in [0.1, 0.15) is 6.54 Å². The molecule has 0 fully saturated rings. The number of carbonyl (C=O) groups excluding carboxylic acids is 1. The second kappa shape index (κ2) is 5.72. The van der Waals surface area contributed by atoms with Crippen LogP contribution in [-0.4, -0.2) is 15.5 Å². The van der Waals surface area contributed by atoms with Crippen molar-refractivity contribution in [3.05, 3.63) is 48.3 Å². The van der Waals surface area contributed by atoms with Gasteiger partial charge in [-0.05, 0) is 5.56 Å². The number of nitrogens with one attached hydrogen (secondary N) is 2. The van der Waals surface area contributed by atoms with Crippen LogP contribution >= 0.6 is 0 Å². The minimum absolute atomic E-state index is 0.116. The van der Waals surface area contributed by atoms with Crippen molar-refractivity contribution in [2.24, 2.45) is 5.11 Å². The Labute approximate surface area is 104 Å². The van der Waals surface area contributed by atoms with Crippen LogP contribution < -0.4 is 5.32 Å². The number of rotatable bonds is 5. The highest BCUT2D eigenvalue weighted by Gasteiger charge is 2.06. The van der Waals surface area contributed by atoms with Gasteiger partial charge in [-0.1, -0.05) is 30.3 Å². The van der Waals surface area contributed by atoms with Gasteiger partial charge in [0.2, 0.25) is 11.9 Å². The zero-order valence-electron chi connectivity index (χ0n) is 9.71. The first-order valence-electron chi connectivity index (χ1n) is 5.49. The first kappa shape index (κ1) is 12.0. The van der Waals surface area contributed by atoms with E-state index in [1.54, 1.807) is 6.20 Å². The summed E-state index contributed by atoms with van der Waals surface area (Å²) >= 11 is 0. The normalized spacial score (nSPS) is 10.0. The van der Waals surface area contributed by atoms with Gasteiger partial charge in [0.05, 0.1) is 0 Å². The van der Waals surface area contributed by atoms with E-state index in [0.29, 0.717) is 6.54 Å². The van der Waals surface area contributed by atoms with E-state index < -0.39 is 0 Å². The highest BCUT2D eigenvalue weighted by molar-refractivity contribution is 5.76. The summed E-state index contributed by atoms with van der Waals surface area (Å²) in [7, 11) is 0. The fourth-order valence-electron chi connectivity index (χ4n) is 1.54. The molecule has 2 N–H and O–H groups in total. The van der Waals surface area contributed by atoms with Crippen LogP contribution in [0.5, 0.6) is 0 Å². The van der Waals surface area contributed by atoms with Crippen molar-refractivity contribution < 1.29 is 4.79 Å². The minimum atomic E-state index is -0.137. The molecule has 1 amide bonds. The fourth-order valence-corrected chi connectivity index (χ4v) is 1.54. The Hall–Kier alpha value is -2.50. The lowest BCUT2D eigenvalue weighted by molar-refractivity contribution is -0.121. The van der Waals surface area contributed by atoms with E-state index in [4.69, 9.17) is 5.53 Å². The minimum Gasteiger partial charge on any atom is -0.350 e. The van der Waals surface area contributed by atoms with Crippen LogP contribution in [0.4, 0.5) is 5.95 Å². The molecular formula is C12H13N5O. The zero-order chi connectivity index (χ0) is 12.8. The highest BCUT2D eigenvalue weighted by Crippen LogP contribution is 2.07. The Morgan fingerprint density at radius 1 is 1.39 bits per heavy atom. The van der Waals surface area contributed by atoms with E-state index in [-0.39, 0.29) is 18.4 Å². The second-order valence-corrected chi connectivity index (χ2v) is 3.73. The molecule has 0 aliphatic rings. The summed E-state index contributed by atoms with van der Waals surface area (Å²) in [4.78, 5) is 15.5. The fraction of sp³-hybridized carbons (Fsp3) is 0.167. The van der Waals surface area contributed by atoms with E-state index in [2.05, 4.69) is 15.4 Å².